The van der Waals surface area contributed by atoms with E-state index in [1.54, 1.807) is 0 Å². The van der Waals surface area contributed by atoms with E-state index in [9.17, 15) is 0 Å². The fourth-order valence-corrected chi connectivity index (χ4v) is 7.76. The van der Waals surface area contributed by atoms with Gasteiger partial charge in [-0.2, -0.15) is 0 Å². The first-order chi connectivity index (χ1) is 15.2. The van der Waals surface area contributed by atoms with E-state index in [1.165, 1.54) is 32.7 Å². The SMILES string of the molecule is [Se]=P1(c2ccccc2)Oc2ccc3ccccc3c2Cc2c(ccc3ccccc23)O1. The molecule has 150 valence electrons. The van der Waals surface area contributed by atoms with Crippen molar-refractivity contribution in [3.63, 3.8) is 0 Å². The molecule has 4 heteroatoms. The Kier molecular flexibility index (Phi) is 4.51. The van der Waals surface area contributed by atoms with E-state index in [4.69, 9.17) is 9.05 Å². The maximum atomic E-state index is 6.72. The van der Waals surface area contributed by atoms with E-state index in [0.717, 1.165) is 23.2 Å². The number of hydrogen-bond donors (Lipinski definition) is 0. The molecular weight excluding hydrogens is 466 g/mol. The fraction of sp³-hybridized carbons (Fsp3) is 0.0370. The Bertz CT molecular complexity index is 1400. The molecule has 0 fully saturated rings. The zero-order valence-electron chi connectivity index (χ0n) is 16.7. The van der Waals surface area contributed by atoms with Gasteiger partial charge in [-0.3, -0.25) is 0 Å². The molecule has 2 nitrogen and oxygen atoms in total. The molecule has 0 spiro atoms. The molecule has 5 aromatic carbocycles. The van der Waals surface area contributed by atoms with Crippen molar-refractivity contribution in [3.05, 3.63) is 114 Å². The third-order valence-corrected chi connectivity index (χ3v) is 9.93. The van der Waals surface area contributed by atoms with Gasteiger partial charge in [0.05, 0.1) is 0 Å². The summed E-state index contributed by atoms with van der Waals surface area (Å²) in [6.45, 7) is 0. The van der Waals surface area contributed by atoms with Crippen molar-refractivity contribution in [2.24, 2.45) is 0 Å². The van der Waals surface area contributed by atoms with Crippen molar-refractivity contribution in [2.75, 3.05) is 0 Å². The van der Waals surface area contributed by atoms with Gasteiger partial charge in [0.25, 0.3) is 0 Å². The van der Waals surface area contributed by atoms with E-state index in [-0.39, 0.29) is 0 Å². The van der Waals surface area contributed by atoms with E-state index >= 15 is 0 Å². The number of rotatable bonds is 1. The zero-order chi connectivity index (χ0) is 20.8. The van der Waals surface area contributed by atoms with Crippen molar-refractivity contribution in [1.29, 1.82) is 0 Å². The van der Waals surface area contributed by atoms with Gasteiger partial charge in [-0.25, -0.2) is 0 Å². The third kappa shape index (κ3) is 3.21. The predicted molar refractivity (Wildman–Crippen MR) is 131 cm³/mol. The molecular formula is C27H19O2PSe. The summed E-state index contributed by atoms with van der Waals surface area (Å²) in [5, 5.41) is 5.92. The zero-order valence-corrected chi connectivity index (χ0v) is 19.3. The summed E-state index contributed by atoms with van der Waals surface area (Å²) in [4.78, 5) is 0. The van der Waals surface area contributed by atoms with Crippen LogP contribution in [0.2, 0.25) is 0 Å². The summed E-state index contributed by atoms with van der Waals surface area (Å²) in [7, 11) is 0. The second kappa shape index (κ2) is 7.39. The van der Waals surface area contributed by atoms with Crippen molar-refractivity contribution >= 4 is 47.9 Å². The van der Waals surface area contributed by atoms with E-state index in [1.807, 2.05) is 18.2 Å². The monoisotopic (exact) mass is 486 g/mol. The van der Waals surface area contributed by atoms with Gasteiger partial charge in [-0.05, 0) is 0 Å². The molecule has 1 aliphatic rings. The first-order valence-corrected chi connectivity index (χ1v) is 14.1. The Morgan fingerprint density at radius 2 is 1.03 bits per heavy atom. The topological polar surface area (TPSA) is 18.5 Å². The molecule has 0 unspecified atom stereocenters. The molecule has 0 amide bonds. The average Bonchev–Trinajstić information content (AvgIpc) is 2.81. The van der Waals surface area contributed by atoms with Gasteiger partial charge in [0, 0.05) is 0 Å². The molecule has 1 aliphatic heterocycles. The summed E-state index contributed by atoms with van der Waals surface area (Å²) < 4.78 is 13.4. The summed E-state index contributed by atoms with van der Waals surface area (Å²) >= 11 is 3.32. The van der Waals surface area contributed by atoms with Crippen molar-refractivity contribution in [1.82, 2.24) is 0 Å². The molecule has 0 aliphatic carbocycles. The van der Waals surface area contributed by atoms with Crippen LogP contribution in [0.4, 0.5) is 0 Å². The first kappa shape index (κ1) is 18.9. The van der Waals surface area contributed by atoms with Gasteiger partial charge in [-0.1, -0.05) is 0 Å². The first-order valence-electron chi connectivity index (χ1n) is 10.3. The van der Waals surface area contributed by atoms with Crippen molar-refractivity contribution in [3.8, 4) is 11.5 Å². The van der Waals surface area contributed by atoms with Gasteiger partial charge in [0.1, 0.15) is 0 Å². The Hall–Kier alpha value is -2.83. The third-order valence-electron chi connectivity index (χ3n) is 5.86. The van der Waals surface area contributed by atoms with Gasteiger partial charge < -0.3 is 0 Å². The molecule has 0 atom stereocenters. The second-order valence-electron chi connectivity index (χ2n) is 7.72. The Morgan fingerprint density at radius 3 is 1.58 bits per heavy atom. The van der Waals surface area contributed by atoms with Crippen LogP contribution in [0.5, 0.6) is 11.5 Å². The average molecular weight is 485 g/mol. The number of benzene rings is 5. The van der Waals surface area contributed by atoms with Crippen molar-refractivity contribution in [2.45, 2.75) is 6.42 Å². The van der Waals surface area contributed by atoms with E-state index in [2.05, 4.69) is 100 Å². The van der Waals surface area contributed by atoms with Crippen LogP contribution in [0.25, 0.3) is 21.5 Å². The quantitative estimate of drug-likeness (QED) is 0.197. The Balaban J connectivity index is 1.68. The molecule has 0 bridgehead atoms. The van der Waals surface area contributed by atoms with Crippen LogP contribution in [0, 0.1) is 0 Å². The summed E-state index contributed by atoms with van der Waals surface area (Å²) in [6.07, 6.45) is 0.752. The van der Waals surface area contributed by atoms with Crippen LogP contribution in [-0.4, -0.2) is 15.1 Å². The van der Waals surface area contributed by atoms with Gasteiger partial charge in [-0.15, -0.1) is 0 Å². The maximum absolute atomic E-state index is 6.72. The van der Waals surface area contributed by atoms with Crippen molar-refractivity contribution < 1.29 is 9.05 Å². The second-order valence-corrected chi connectivity index (χ2v) is 12.6. The van der Waals surface area contributed by atoms with Gasteiger partial charge in [0.15, 0.2) is 0 Å². The number of fused-ring (bicyclic) bond motifs is 6. The van der Waals surface area contributed by atoms with Crippen LogP contribution in [0.1, 0.15) is 11.1 Å². The van der Waals surface area contributed by atoms with E-state index < -0.39 is 5.96 Å². The predicted octanol–water partition coefficient (Wildman–Crippen LogP) is 6.61. The molecule has 0 saturated heterocycles. The summed E-state index contributed by atoms with van der Waals surface area (Å²) in [5.74, 6) is -0.767. The fourth-order valence-electron chi connectivity index (χ4n) is 4.34. The van der Waals surface area contributed by atoms with Crippen LogP contribution in [-0.2, 0) is 6.42 Å². The minimum atomic E-state index is -2.53. The molecule has 0 radical (unpaired) electrons. The van der Waals surface area contributed by atoms with Gasteiger partial charge >= 0.3 is 189 Å². The van der Waals surface area contributed by atoms with Gasteiger partial charge in [0.2, 0.25) is 0 Å². The Labute approximate surface area is 188 Å². The molecule has 0 N–H and O–H groups in total. The molecule has 5 aromatic rings. The minimum absolute atomic E-state index is 0.752. The number of hydrogen-bond acceptors (Lipinski definition) is 2. The van der Waals surface area contributed by atoms with E-state index in [0.29, 0.717) is 0 Å². The van der Waals surface area contributed by atoms with Crippen LogP contribution in [0.15, 0.2) is 103 Å². The van der Waals surface area contributed by atoms with Crippen LogP contribution in [0.3, 0.4) is 0 Å². The normalized spacial score (nSPS) is 14.6. The van der Waals surface area contributed by atoms with Crippen LogP contribution >= 0.6 is 5.96 Å². The molecule has 1 heterocycles. The molecule has 6 rings (SSSR count). The summed E-state index contributed by atoms with van der Waals surface area (Å²) in [6, 6.07) is 35.7. The standard InChI is InChI=1S/C27H19O2PSe/c31-30(21-10-2-1-3-11-21)28-26-16-14-19-8-4-6-12-22(19)24(26)18-25-23-13-7-5-9-20(23)15-17-27(25)29-30/h1-17H,18H2. The molecule has 0 saturated carbocycles. The van der Waals surface area contributed by atoms with Crippen LogP contribution < -0.4 is 14.4 Å². The molecule has 31 heavy (non-hydrogen) atoms. The summed E-state index contributed by atoms with van der Waals surface area (Å²) in [5.41, 5.74) is 2.41. The molecule has 0 aromatic heterocycles. The Morgan fingerprint density at radius 1 is 0.548 bits per heavy atom.